The van der Waals surface area contributed by atoms with Crippen molar-refractivity contribution in [1.29, 1.82) is 0 Å². The minimum atomic E-state index is -0.479. The Hall–Kier alpha value is -2.83. The second kappa shape index (κ2) is 7.89. The Morgan fingerprint density at radius 3 is 2.62 bits per heavy atom. The number of aromatic nitrogens is 1. The zero-order chi connectivity index (χ0) is 20.4. The average Bonchev–Trinajstić information content (AvgIpc) is 3.25. The lowest BCUT2D eigenvalue weighted by atomic mass is 9.90. The normalized spacial score (nSPS) is 19.4. The predicted octanol–water partition coefficient (Wildman–Crippen LogP) is 3.14. The molecular weight excluding hydrogens is 370 g/mol. The zero-order valence-corrected chi connectivity index (χ0v) is 17.0. The first kappa shape index (κ1) is 19.5. The molecule has 154 valence electrons. The fraction of sp³-hybridized carbons (Fsp3) is 0.500. The Balaban J connectivity index is 1.31. The van der Waals surface area contributed by atoms with Crippen molar-refractivity contribution in [3.8, 4) is 0 Å². The topological polar surface area (TPSA) is 75.9 Å². The van der Waals surface area contributed by atoms with E-state index in [9.17, 15) is 9.59 Å². The summed E-state index contributed by atoms with van der Waals surface area (Å²) in [5, 5.41) is 3.83. The maximum absolute atomic E-state index is 12.5. The number of benzene rings is 1. The van der Waals surface area contributed by atoms with Crippen LogP contribution in [0.25, 0.3) is 0 Å². The molecule has 2 amide bonds. The van der Waals surface area contributed by atoms with Gasteiger partial charge in [-0.1, -0.05) is 42.4 Å². The molecule has 7 nitrogen and oxygen atoms in total. The van der Waals surface area contributed by atoms with E-state index in [4.69, 9.17) is 9.26 Å². The molecule has 1 spiro atoms. The van der Waals surface area contributed by atoms with Crippen LogP contribution in [0.4, 0.5) is 4.79 Å². The highest BCUT2D eigenvalue weighted by Gasteiger charge is 2.47. The van der Waals surface area contributed by atoms with E-state index < -0.39 is 5.60 Å². The predicted molar refractivity (Wildman–Crippen MR) is 106 cm³/mol. The highest BCUT2D eigenvalue weighted by molar-refractivity contribution is 5.78. The molecule has 2 saturated heterocycles. The Morgan fingerprint density at radius 2 is 1.97 bits per heavy atom. The number of ether oxygens (including phenoxy) is 1. The molecule has 0 N–H and O–H groups in total. The molecule has 3 heterocycles. The van der Waals surface area contributed by atoms with E-state index in [2.05, 4.69) is 24.2 Å². The summed E-state index contributed by atoms with van der Waals surface area (Å²) in [5.41, 5.74) is 1.50. The summed E-state index contributed by atoms with van der Waals surface area (Å²) in [6.07, 6.45) is 1.30. The van der Waals surface area contributed by atoms with Crippen molar-refractivity contribution in [2.75, 3.05) is 26.2 Å². The molecule has 0 bridgehead atoms. The second-order valence-corrected chi connectivity index (χ2v) is 8.24. The number of hydrogen-bond donors (Lipinski definition) is 0. The van der Waals surface area contributed by atoms with Gasteiger partial charge in [0.25, 0.3) is 0 Å². The van der Waals surface area contributed by atoms with Crippen LogP contribution in [0.3, 0.4) is 0 Å². The molecule has 0 saturated carbocycles. The lowest BCUT2D eigenvalue weighted by Crippen LogP contribution is -2.49. The molecule has 29 heavy (non-hydrogen) atoms. The standard InChI is InChI=1S/C22H27N3O4/c1-16(18-6-4-3-5-7-18)14-25-15-22(28-21(25)27)8-10-24(11-9-22)20(26)13-19-12-17(2)23-29-19/h3-7,12,16H,8-11,13-15H2,1-2H3. The van der Waals surface area contributed by atoms with Crippen molar-refractivity contribution in [3.05, 3.63) is 53.4 Å². The van der Waals surface area contributed by atoms with Gasteiger partial charge in [0.1, 0.15) is 11.4 Å². The minimum Gasteiger partial charge on any atom is -0.441 e. The summed E-state index contributed by atoms with van der Waals surface area (Å²) >= 11 is 0. The molecule has 1 atom stereocenters. The summed E-state index contributed by atoms with van der Waals surface area (Å²) in [7, 11) is 0. The van der Waals surface area contributed by atoms with Gasteiger partial charge in [0.15, 0.2) is 0 Å². The first-order chi connectivity index (χ1) is 13.9. The molecule has 4 rings (SSSR count). The maximum Gasteiger partial charge on any atom is 0.410 e. The number of hydrogen-bond acceptors (Lipinski definition) is 5. The Kier molecular flexibility index (Phi) is 5.30. The van der Waals surface area contributed by atoms with Crippen LogP contribution in [-0.4, -0.2) is 58.7 Å². The molecule has 1 aromatic carbocycles. The zero-order valence-electron chi connectivity index (χ0n) is 17.0. The first-order valence-electron chi connectivity index (χ1n) is 10.2. The van der Waals surface area contributed by atoms with E-state index in [1.807, 2.05) is 34.9 Å². The average molecular weight is 397 g/mol. The van der Waals surface area contributed by atoms with Crippen LogP contribution in [0, 0.1) is 6.92 Å². The van der Waals surface area contributed by atoms with Crippen LogP contribution >= 0.6 is 0 Å². The Labute approximate surface area is 170 Å². The van der Waals surface area contributed by atoms with E-state index in [0.29, 0.717) is 44.8 Å². The number of piperidine rings is 1. The number of amides is 2. The van der Waals surface area contributed by atoms with E-state index >= 15 is 0 Å². The molecule has 1 unspecified atom stereocenters. The quantitative estimate of drug-likeness (QED) is 0.775. The molecule has 2 aliphatic heterocycles. The molecule has 0 aliphatic carbocycles. The Morgan fingerprint density at radius 1 is 1.24 bits per heavy atom. The van der Waals surface area contributed by atoms with Gasteiger partial charge in [-0.3, -0.25) is 4.79 Å². The molecule has 7 heteroatoms. The Bertz CT molecular complexity index is 871. The van der Waals surface area contributed by atoms with Crippen LogP contribution < -0.4 is 0 Å². The highest BCUT2D eigenvalue weighted by atomic mass is 16.6. The van der Waals surface area contributed by atoms with E-state index in [-0.39, 0.29) is 24.3 Å². The van der Waals surface area contributed by atoms with Gasteiger partial charge in [-0.2, -0.15) is 0 Å². The van der Waals surface area contributed by atoms with Gasteiger partial charge in [0.05, 0.1) is 18.7 Å². The molecule has 2 aliphatic rings. The second-order valence-electron chi connectivity index (χ2n) is 8.24. The lowest BCUT2D eigenvalue weighted by molar-refractivity contribution is -0.134. The molecule has 0 radical (unpaired) electrons. The third-order valence-corrected chi connectivity index (χ3v) is 5.93. The van der Waals surface area contributed by atoms with Gasteiger partial charge in [0, 0.05) is 38.5 Å². The smallest absolute Gasteiger partial charge is 0.410 e. The summed E-state index contributed by atoms with van der Waals surface area (Å²) in [6.45, 7) is 6.36. The molecule has 1 aromatic heterocycles. The van der Waals surface area contributed by atoms with Crippen LogP contribution in [0.15, 0.2) is 40.9 Å². The van der Waals surface area contributed by atoms with Crippen molar-refractivity contribution in [3.63, 3.8) is 0 Å². The van der Waals surface area contributed by atoms with Crippen molar-refractivity contribution < 1.29 is 18.8 Å². The molecular formula is C22H27N3O4. The highest BCUT2D eigenvalue weighted by Crippen LogP contribution is 2.34. The monoisotopic (exact) mass is 397 g/mol. The fourth-order valence-corrected chi connectivity index (χ4v) is 4.24. The van der Waals surface area contributed by atoms with E-state index in [0.717, 1.165) is 5.69 Å². The van der Waals surface area contributed by atoms with Crippen LogP contribution in [0.5, 0.6) is 0 Å². The summed E-state index contributed by atoms with van der Waals surface area (Å²) in [4.78, 5) is 28.6. The lowest BCUT2D eigenvalue weighted by Gasteiger charge is -2.37. The fourth-order valence-electron chi connectivity index (χ4n) is 4.24. The number of rotatable bonds is 5. The van der Waals surface area contributed by atoms with Crippen molar-refractivity contribution in [2.24, 2.45) is 0 Å². The third-order valence-electron chi connectivity index (χ3n) is 5.93. The van der Waals surface area contributed by atoms with Gasteiger partial charge in [-0.25, -0.2) is 4.79 Å². The third kappa shape index (κ3) is 4.28. The summed E-state index contributed by atoms with van der Waals surface area (Å²) < 4.78 is 11.0. The van der Waals surface area contributed by atoms with Crippen molar-refractivity contribution in [2.45, 2.75) is 44.6 Å². The van der Waals surface area contributed by atoms with Gasteiger partial charge >= 0.3 is 6.09 Å². The number of nitrogens with zero attached hydrogens (tertiary/aromatic N) is 3. The summed E-state index contributed by atoms with van der Waals surface area (Å²) in [5.74, 6) is 0.849. The molecule has 2 aromatic rings. The largest absolute Gasteiger partial charge is 0.441 e. The van der Waals surface area contributed by atoms with Gasteiger partial charge < -0.3 is 19.1 Å². The number of aryl methyl sites for hydroxylation is 1. The van der Waals surface area contributed by atoms with E-state index in [1.165, 1.54) is 5.56 Å². The number of likely N-dealkylation sites (tertiary alicyclic amines) is 1. The van der Waals surface area contributed by atoms with E-state index in [1.54, 1.807) is 6.07 Å². The number of carbonyl (C=O) groups is 2. The first-order valence-corrected chi connectivity index (χ1v) is 10.2. The SMILES string of the molecule is Cc1cc(CC(=O)N2CCC3(CC2)CN(CC(C)c2ccccc2)C(=O)O3)on1. The minimum absolute atomic E-state index is 0.0230. The van der Waals surface area contributed by atoms with Gasteiger partial charge in [0.2, 0.25) is 5.91 Å². The van der Waals surface area contributed by atoms with Crippen molar-refractivity contribution in [1.82, 2.24) is 15.0 Å². The van der Waals surface area contributed by atoms with Crippen LogP contribution in [0.2, 0.25) is 0 Å². The maximum atomic E-state index is 12.5. The summed E-state index contributed by atoms with van der Waals surface area (Å²) in [6, 6.07) is 12.0. The van der Waals surface area contributed by atoms with Gasteiger partial charge in [-0.05, 0) is 18.4 Å². The van der Waals surface area contributed by atoms with Crippen LogP contribution in [-0.2, 0) is 16.0 Å². The van der Waals surface area contributed by atoms with Gasteiger partial charge in [-0.15, -0.1) is 0 Å². The number of carbonyl (C=O) groups excluding carboxylic acids is 2. The van der Waals surface area contributed by atoms with Crippen LogP contribution in [0.1, 0.15) is 42.7 Å². The van der Waals surface area contributed by atoms with Crippen molar-refractivity contribution >= 4 is 12.0 Å². The molecule has 2 fully saturated rings.